The number of hydrogen-bond donors (Lipinski definition) is 2. The maximum Gasteiger partial charge on any atom is 0.0163 e. The van der Waals surface area contributed by atoms with E-state index < -0.39 is 0 Å². The number of hydrogen-bond acceptors (Lipinski definition) is 2. The van der Waals surface area contributed by atoms with Gasteiger partial charge in [0.05, 0.1) is 0 Å². The van der Waals surface area contributed by atoms with Gasteiger partial charge in [-0.05, 0) is 5.92 Å². The molecule has 0 amide bonds. The Hall–Kier alpha value is 0.600. The molecule has 2 N–H and O–H groups in total. The Labute approximate surface area is 62.8 Å². The lowest BCUT2D eigenvalue weighted by molar-refractivity contribution is 0.616. The van der Waals surface area contributed by atoms with Gasteiger partial charge in [0.25, 0.3) is 0 Å². The van der Waals surface area contributed by atoms with Crippen molar-refractivity contribution in [3.05, 3.63) is 0 Å². The van der Waals surface area contributed by atoms with E-state index in [4.69, 9.17) is 5.73 Å². The fraction of sp³-hybridized carbons (Fsp3) is 1.00. The highest BCUT2D eigenvalue weighted by Crippen LogP contribution is 2.05. The first kappa shape index (κ1) is 11.4. The summed E-state index contributed by atoms with van der Waals surface area (Å²) < 4.78 is 0. The Morgan fingerprint density at radius 2 is 1.88 bits per heavy atom. The van der Waals surface area contributed by atoms with Crippen LogP contribution in [0.2, 0.25) is 0 Å². The van der Waals surface area contributed by atoms with Gasteiger partial charge in [-0.3, -0.25) is 0 Å². The van der Waals surface area contributed by atoms with Crippen LogP contribution >= 0.6 is 25.0 Å². The Kier molecular flexibility index (Phi) is 8.17. The maximum absolute atomic E-state index is 5.30. The van der Waals surface area contributed by atoms with Crippen LogP contribution in [0.1, 0.15) is 13.8 Å². The Morgan fingerprint density at radius 1 is 1.50 bits per heavy atom. The quantitative estimate of drug-likeness (QED) is 0.579. The molecule has 0 rings (SSSR count). The Morgan fingerprint density at radius 3 is 1.88 bits per heavy atom. The molecule has 0 saturated heterocycles. The van der Waals surface area contributed by atoms with Gasteiger partial charge in [0.2, 0.25) is 0 Å². The van der Waals surface area contributed by atoms with Crippen molar-refractivity contribution in [1.29, 1.82) is 0 Å². The topological polar surface area (TPSA) is 26.0 Å². The van der Waals surface area contributed by atoms with Crippen LogP contribution in [0.4, 0.5) is 0 Å². The first-order valence-corrected chi connectivity index (χ1v) is 3.08. The molecule has 0 aliphatic rings. The molecule has 52 valence electrons. The van der Waals surface area contributed by atoms with Crippen molar-refractivity contribution >= 4 is 25.0 Å². The van der Waals surface area contributed by atoms with Gasteiger partial charge in [-0.1, -0.05) is 13.8 Å². The van der Waals surface area contributed by atoms with Crippen LogP contribution in [0.25, 0.3) is 0 Å². The van der Waals surface area contributed by atoms with Crippen LogP contribution in [-0.4, -0.2) is 11.8 Å². The van der Waals surface area contributed by atoms with Crippen molar-refractivity contribution in [2.24, 2.45) is 11.7 Å². The van der Waals surface area contributed by atoms with E-state index >= 15 is 0 Å². The molecule has 1 nitrogen and oxygen atoms in total. The lowest BCUT2D eigenvalue weighted by Crippen LogP contribution is -2.19. The third-order valence-corrected chi connectivity index (χ3v) is 1.82. The Balaban J connectivity index is 0. The molecule has 0 aromatic carbocycles. The van der Waals surface area contributed by atoms with Crippen LogP contribution in [-0.2, 0) is 0 Å². The van der Waals surface area contributed by atoms with Crippen LogP contribution in [0, 0.1) is 5.92 Å². The smallest absolute Gasteiger partial charge is 0.0163 e. The van der Waals surface area contributed by atoms with Crippen molar-refractivity contribution in [3.8, 4) is 0 Å². The summed E-state index contributed by atoms with van der Waals surface area (Å²) in [5.74, 6) is 0.605. The van der Waals surface area contributed by atoms with Crippen LogP contribution in [0.5, 0.6) is 0 Å². The van der Waals surface area contributed by atoms with E-state index in [-0.39, 0.29) is 12.4 Å². The highest BCUT2D eigenvalue weighted by atomic mass is 35.5. The van der Waals surface area contributed by atoms with Crippen LogP contribution < -0.4 is 5.73 Å². The van der Waals surface area contributed by atoms with Gasteiger partial charge in [0.1, 0.15) is 0 Å². The lowest BCUT2D eigenvalue weighted by Gasteiger charge is -2.09. The van der Waals surface area contributed by atoms with E-state index in [1.54, 1.807) is 0 Å². The van der Waals surface area contributed by atoms with Gasteiger partial charge < -0.3 is 5.73 Å². The minimum absolute atomic E-state index is 0. The Bertz CT molecular complexity index is 49.7. The molecule has 0 radical (unpaired) electrons. The second-order valence-corrected chi connectivity index (χ2v) is 2.71. The van der Waals surface area contributed by atoms with Crippen molar-refractivity contribution in [3.63, 3.8) is 0 Å². The summed E-state index contributed by atoms with van der Waals surface area (Å²) in [5, 5.41) is 0.375. The van der Waals surface area contributed by atoms with E-state index in [2.05, 4.69) is 26.5 Å². The minimum atomic E-state index is 0. The molecule has 0 fully saturated rings. The van der Waals surface area contributed by atoms with Crippen molar-refractivity contribution in [2.75, 3.05) is 6.54 Å². The summed E-state index contributed by atoms with van der Waals surface area (Å²) in [5.41, 5.74) is 5.30. The van der Waals surface area contributed by atoms with E-state index in [0.29, 0.717) is 17.7 Å². The molecule has 1 atom stereocenters. The number of thiol groups is 1. The normalized spacial score (nSPS) is 13.1. The van der Waals surface area contributed by atoms with Gasteiger partial charge in [-0.2, -0.15) is 12.6 Å². The van der Waals surface area contributed by atoms with Gasteiger partial charge in [0, 0.05) is 11.8 Å². The molecule has 8 heavy (non-hydrogen) atoms. The highest BCUT2D eigenvalue weighted by molar-refractivity contribution is 7.81. The third kappa shape index (κ3) is 4.75. The van der Waals surface area contributed by atoms with E-state index in [1.807, 2.05) is 0 Å². The zero-order chi connectivity index (χ0) is 5.86. The zero-order valence-electron chi connectivity index (χ0n) is 5.29. The monoisotopic (exact) mass is 155 g/mol. The summed E-state index contributed by atoms with van der Waals surface area (Å²) in [6, 6.07) is 0. The predicted molar refractivity (Wildman–Crippen MR) is 43.9 cm³/mol. The second-order valence-electron chi connectivity index (χ2n) is 2.05. The average molecular weight is 156 g/mol. The first-order valence-electron chi connectivity index (χ1n) is 2.56. The van der Waals surface area contributed by atoms with Crippen LogP contribution in [0.3, 0.4) is 0 Å². The molecule has 0 aromatic rings. The standard InChI is InChI=1S/C5H13NS.ClH/c1-4(2)5(7)3-6;/h4-5,7H,3,6H2,1-2H3;1H. The summed E-state index contributed by atoms with van der Waals surface area (Å²) in [6.07, 6.45) is 0. The lowest BCUT2D eigenvalue weighted by atomic mass is 10.1. The second kappa shape index (κ2) is 5.73. The first-order chi connectivity index (χ1) is 3.18. The molecule has 0 bridgehead atoms. The molecule has 0 aliphatic heterocycles. The summed E-state index contributed by atoms with van der Waals surface area (Å²) in [4.78, 5) is 0. The molecule has 0 heterocycles. The van der Waals surface area contributed by atoms with Gasteiger partial charge in [-0.15, -0.1) is 12.4 Å². The van der Waals surface area contributed by atoms with Crippen molar-refractivity contribution in [1.82, 2.24) is 0 Å². The zero-order valence-corrected chi connectivity index (χ0v) is 7.01. The van der Waals surface area contributed by atoms with E-state index in [9.17, 15) is 0 Å². The molecule has 0 spiro atoms. The van der Waals surface area contributed by atoms with E-state index in [1.165, 1.54) is 0 Å². The maximum atomic E-state index is 5.30. The molecule has 0 saturated carbocycles. The van der Waals surface area contributed by atoms with Gasteiger partial charge in [0.15, 0.2) is 0 Å². The summed E-state index contributed by atoms with van der Waals surface area (Å²) in [6.45, 7) is 4.91. The fourth-order valence-electron chi connectivity index (χ4n) is 0.272. The van der Waals surface area contributed by atoms with Gasteiger partial charge in [-0.25, -0.2) is 0 Å². The fourth-order valence-corrected chi connectivity index (χ4v) is 0.272. The molecule has 0 aliphatic carbocycles. The molecular formula is C5H14ClNS. The van der Waals surface area contributed by atoms with Gasteiger partial charge >= 0.3 is 0 Å². The SMILES string of the molecule is CC(C)C(S)CN.Cl. The molecule has 3 heteroatoms. The molecular weight excluding hydrogens is 142 g/mol. The number of halogens is 1. The van der Waals surface area contributed by atoms with Crippen LogP contribution in [0.15, 0.2) is 0 Å². The van der Waals surface area contributed by atoms with Crippen molar-refractivity contribution < 1.29 is 0 Å². The van der Waals surface area contributed by atoms with Crippen molar-refractivity contribution in [2.45, 2.75) is 19.1 Å². The number of rotatable bonds is 2. The number of nitrogens with two attached hydrogens (primary N) is 1. The average Bonchev–Trinajstić information content (AvgIpc) is 1.65. The highest BCUT2D eigenvalue weighted by Gasteiger charge is 2.02. The minimum Gasteiger partial charge on any atom is -0.329 e. The van der Waals surface area contributed by atoms with E-state index in [0.717, 1.165) is 0 Å². The predicted octanol–water partition coefficient (Wildman–Crippen LogP) is 1.32. The largest absolute Gasteiger partial charge is 0.329 e. The molecule has 0 aromatic heterocycles. The molecule has 1 unspecified atom stereocenters. The summed E-state index contributed by atoms with van der Waals surface area (Å²) in [7, 11) is 0. The summed E-state index contributed by atoms with van der Waals surface area (Å²) >= 11 is 4.20. The third-order valence-electron chi connectivity index (χ3n) is 1.01.